The van der Waals surface area contributed by atoms with Crippen LogP contribution in [0.4, 0.5) is 17.2 Å². The molecule has 5 nitrogen and oxygen atoms in total. The Labute approximate surface area is 157 Å². The molecule has 0 spiro atoms. The number of para-hydroxylation sites is 2. The van der Waals surface area contributed by atoms with E-state index in [0.717, 1.165) is 11.4 Å². The molecule has 3 aromatic rings. The van der Waals surface area contributed by atoms with Gasteiger partial charge in [-0.2, -0.15) is 0 Å². The largest absolute Gasteiger partial charge is 0.492 e. The predicted octanol–water partition coefficient (Wildman–Crippen LogP) is 5.13. The molecule has 0 radical (unpaired) electrons. The highest BCUT2D eigenvalue weighted by molar-refractivity contribution is 6.30. The van der Waals surface area contributed by atoms with Crippen LogP contribution in [0, 0.1) is 0 Å². The second-order valence-corrected chi connectivity index (χ2v) is 5.89. The van der Waals surface area contributed by atoms with E-state index in [4.69, 9.17) is 16.3 Å². The molecular weight excluding hydrogens is 350 g/mol. The quantitative estimate of drug-likeness (QED) is 0.634. The fourth-order valence-corrected chi connectivity index (χ4v) is 2.55. The minimum absolute atomic E-state index is 0.249. The molecule has 0 aliphatic rings. The van der Waals surface area contributed by atoms with Gasteiger partial charge in [-0.05, 0) is 49.4 Å². The van der Waals surface area contributed by atoms with E-state index in [1.54, 1.807) is 36.4 Å². The Kier molecular flexibility index (Phi) is 5.71. The molecule has 0 fully saturated rings. The number of carbonyl (C=O) groups is 1. The van der Waals surface area contributed by atoms with Gasteiger partial charge in [-0.3, -0.25) is 4.79 Å². The number of pyridine rings is 1. The maximum Gasteiger partial charge on any atom is 0.257 e. The lowest BCUT2D eigenvalue weighted by molar-refractivity contribution is 0.102. The molecule has 0 aliphatic carbocycles. The third kappa shape index (κ3) is 4.52. The number of benzene rings is 2. The molecule has 26 heavy (non-hydrogen) atoms. The van der Waals surface area contributed by atoms with Crippen molar-refractivity contribution in [1.29, 1.82) is 0 Å². The normalized spacial score (nSPS) is 10.2. The van der Waals surface area contributed by atoms with Crippen LogP contribution in [-0.2, 0) is 0 Å². The molecule has 0 aliphatic heterocycles. The standard InChI is InChI=1S/C20H18ClN3O2/c1-2-26-18-9-4-3-8-17(18)24-19-11-10-14(13-22-19)20(25)23-16-7-5-6-15(21)12-16/h3-13H,2H2,1H3,(H,22,24)(H,23,25). The molecule has 1 heterocycles. The molecular formula is C20H18ClN3O2. The second-order valence-electron chi connectivity index (χ2n) is 5.45. The number of ether oxygens (including phenoxy) is 1. The van der Waals surface area contributed by atoms with E-state index in [9.17, 15) is 4.79 Å². The summed E-state index contributed by atoms with van der Waals surface area (Å²) >= 11 is 5.93. The van der Waals surface area contributed by atoms with Gasteiger partial charge in [0.25, 0.3) is 5.91 Å². The number of nitrogens with one attached hydrogen (secondary N) is 2. The molecule has 6 heteroatoms. The lowest BCUT2D eigenvalue weighted by Gasteiger charge is -2.12. The van der Waals surface area contributed by atoms with Crippen LogP contribution < -0.4 is 15.4 Å². The third-order valence-corrected chi connectivity index (χ3v) is 3.79. The number of halogens is 1. The van der Waals surface area contributed by atoms with Crippen molar-refractivity contribution in [3.63, 3.8) is 0 Å². The molecule has 132 valence electrons. The first-order chi connectivity index (χ1) is 12.7. The lowest BCUT2D eigenvalue weighted by atomic mass is 10.2. The van der Waals surface area contributed by atoms with Crippen molar-refractivity contribution in [2.24, 2.45) is 0 Å². The highest BCUT2D eigenvalue weighted by atomic mass is 35.5. The summed E-state index contributed by atoms with van der Waals surface area (Å²) in [5, 5.41) is 6.55. The number of amides is 1. The van der Waals surface area contributed by atoms with Gasteiger partial charge in [-0.15, -0.1) is 0 Å². The first-order valence-electron chi connectivity index (χ1n) is 8.17. The van der Waals surface area contributed by atoms with E-state index >= 15 is 0 Å². The van der Waals surface area contributed by atoms with Gasteiger partial charge in [0.2, 0.25) is 0 Å². The van der Waals surface area contributed by atoms with Crippen LogP contribution in [0.15, 0.2) is 66.9 Å². The van der Waals surface area contributed by atoms with Crippen molar-refractivity contribution < 1.29 is 9.53 Å². The Morgan fingerprint density at radius 2 is 1.96 bits per heavy atom. The summed E-state index contributed by atoms with van der Waals surface area (Å²) in [5.41, 5.74) is 1.90. The summed E-state index contributed by atoms with van der Waals surface area (Å²) in [4.78, 5) is 16.6. The van der Waals surface area contributed by atoms with E-state index in [0.29, 0.717) is 28.7 Å². The number of hydrogen-bond acceptors (Lipinski definition) is 4. The summed E-state index contributed by atoms with van der Waals surface area (Å²) in [6, 6.07) is 18.1. The third-order valence-electron chi connectivity index (χ3n) is 3.56. The SMILES string of the molecule is CCOc1ccccc1Nc1ccc(C(=O)Nc2cccc(Cl)c2)cn1. The van der Waals surface area contributed by atoms with Crippen molar-refractivity contribution in [2.45, 2.75) is 6.92 Å². The van der Waals surface area contributed by atoms with Crippen LogP contribution in [0.2, 0.25) is 5.02 Å². The number of carbonyl (C=O) groups excluding carboxylic acids is 1. The minimum Gasteiger partial charge on any atom is -0.492 e. The molecule has 3 rings (SSSR count). The highest BCUT2D eigenvalue weighted by Gasteiger charge is 2.08. The van der Waals surface area contributed by atoms with Gasteiger partial charge < -0.3 is 15.4 Å². The van der Waals surface area contributed by atoms with Gasteiger partial charge in [0.05, 0.1) is 17.9 Å². The second kappa shape index (κ2) is 8.36. The van der Waals surface area contributed by atoms with Gasteiger partial charge in [0, 0.05) is 16.9 Å². The van der Waals surface area contributed by atoms with Gasteiger partial charge in [0.15, 0.2) is 0 Å². The van der Waals surface area contributed by atoms with Crippen LogP contribution in [0.5, 0.6) is 5.75 Å². The van der Waals surface area contributed by atoms with Gasteiger partial charge in [0.1, 0.15) is 11.6 Å². The highest BCUT2D eigenvalue weighted by Crippen LogP contribution is 2.26. The van der Waals surface area contributed by atoms with Crippen LogP contribution in [0.1, 0.15) is 17.3 Å². The van der Waals surface area contributed by atoms with E-state index in [-0.39, 0.29) is 5.91 Å². The topological polar surface area (TPSA) is 63.2 Å². The number of anilines is 3. The minimum atomic E-state index is -0.249. The molecule has 0 atom stereocenters. The lowest BCUT2D eigenvalue weighted by Crippen LogP contribution is -2.12. The molecule has 0 saturated heterocycles. The molecule has 1 aromatic heterocycles. The van der Waals surface area contributed by atoms with E-state index in [1.807, 2.05) is 31.2 Å². The zero-order valence-corrected chi connectivity index (χ0v) is 15.0. The first kappa shape index (κ1) is 17.8. The summed E-state index contributed by atoms with van der Waals surface area (Å²) in [7, 11) is 0. The number of rotatable bonds is 6. The van der Waals surface area contributed by atoms with Crippen molar-refractivity contribution in [2.75, 3.05) is 17.2 Å². The van der Waals surface area contributed by atoms with Crippen molar-refractivity contribution in [3.8, 4) is 5.75 Å². The monoisotopic (exact) mass is 367 g/mol. The zero-order valence-electron chi connectivity index (χ0n) is 14.2. The number of hydrogen-bond donors (Lipinski definition) is 2. The van der Waals surface area contributed by atoms with Crippen molar-refractivity contribution in [1.82, 2.24) is 4.98 Å². The maximum absolute atomic E-state index is 12.3. The average molecular weight is 368 g/mol. The zero-order chi connectivity index (χ0) is 18.4. The summed E-state index contributed by atoms with van der Waals surface area (Å²) in [6.07, 6.45) is 1.52. The average Bonchev–Trinajstić information content (AvgIpc) is 2.64. The fraction of sp³-hybridized carbons (Fsp3) is 0.100. The first-order valence-corrected chi connectivity index (χ1v) is 8.55. The van der Waals surface area contributed by atoms with Gasteiger partial charge in [-0.25, -0.2) is 4.98 Å². The van der Waals surface area contributed by atoms with E-state index < -0.39 is 0 Å². The number of aromatic nitrogens is 1. The van der Waals surface area contributed by atoms with Crippen LogP contribution in [-0.4, -0.2) is 17.5 Å². The molecule has 0 bridgehead atoms. The summed E-state index contributed by atoms with van der Waals surface area (Å²) in [6.45, 7) is 2.51. The van der Waals surface area contributed by atoms with E-state index in [2.05, 4.69) is 15.6 Å². The van der Waals surface area contributed by atoms with Crippen molar-refractivity contribution in [3.05, 3.63) is 77.4 Å². The molecule has 1 amide bonds. The van der Waals surface area contributed by atoms with Crippen LogP contribution in [0.3, 0.4) is 0 Å². The van der Waals surface area contributed by atoms with Crippen molar-refractivity contribution >= 4 is 34.7 Å². The van der Waals surface area contributed by atoms with Crippen LogP contribution >= 0.6 is 11.6 Å². The summed E-state index contributed by atoms with van der Waals surface area (Å²) in [5.74, 6) is 1.12. The predicted molar refractivity (Wildman–Crippen MR) is 105 cm³/mol. The molecule has 0 unspecified atom stereocenters. The van der Waals surface area contributed by atoms with Gasteiger partial charge in [-0.1, -0.05) is 29.8 Å². The Balaban J connectivity index is 1.69. The maximum atomic E-state index is 12.3. The summed E-state index contributed by atoms with van der Waals surface area (Å²) < 4.78 is 5.58. The molecule has 2 aromatic carbocycles. The Bertz CT molecular complexity index is 898. The molecule has 2 N–H and O–H groups in total. The Hall–Kier alpha value is -3.05. The fourth-order valence-electron chi connectivity index (χ4n) is 2.36. The van der Waals surface area contributed by atoms with Crippen LogP contribution in [0.25, 0.3) is 0 Å². The van der Waals surface area contributed by atoms with Gasteiger partial charge >= 0.3 is 0 Å². The van der Waals surface area contributed by atoms with E-state index in [1.165, 1.54) is 6.20 Å². The Morgan fingerprint density at radius 3 is 2.69 bits per heavy atom. The smallest absolute Gasteiger partial charge is 0.257 e. The number of nitrogens with zero attached hydrogens (tertiary/aromatic N) is 1. The molecule has 0 saturated carbocycles. The Morgan fingerprint density at radius 1 is 1.12 bits per heavy atom.